The van der Waals surface area contributed by atoms with Crippen LogP contribution in [0.1, 0.15) is 30.9 Å². The van der Waals surface area contributed by atoms with Gasteiger partial charge in [0.2, 0.25) is 5.91 Å². The number of para-hydroxylation sites is 1. The third-order valence-electron chi connectivity index (χ3n) is 5.93. The summed E-state index contributed by atoms with van der Waals surface area (Å²) in [5.74, 6) is -0.595. The number of carbonyl (C=O) groups excluding carboxylic acids is 3. The highest BCUT2D eigenvalue weighted by Gasteiger charge is 2.16. The lowest BCUT2D eigenvalue weighted by Crippen LogP contribution is -2.45. The van der Waals surface area contributed by atoms with Crippen LogP contribution in [-0.2, 0) is 16.0 Å². The Kier molecular flexibility index (Phi) is 11.4. The monoisotopic (exact) mass is 527 g/mol. The molecule has 0 aromatic heterocycles. The average Bonchev–Trinajstić information content (AvgIpc) is 2.86. The second-order valence-electron chi connectivity index (χ2n) is 9.11. The van der Waals surface area contributed by atoms with Gasteiger partial charge in [-0.2, -0.15) is 0 Å². The molecule has 4 N–H and O–H groups in total. The summed E-state index contributed by atoms with van der Waals surface area (Å²) >= 11 is 0. The number of likely N-dealkylation sites (N-methyl/N-ethyl adjacent to an activating group) is 2. The zero-order valence-electron chi connectivity index (χ0n) is 22.5. The maximum atomic E-state index is 12.6. The summed E-state index contributed by atoms with van der Waals surface area (Å²) in [4.78, 5) is 50.9. The van der Waals surface area contributed by atoms with Crippen LogP contribution < -0.4 is 20.7 Å². The van der Waals surface area contributed by atoms with Crippen LogP contribution in [0.4, 0.5) is 21.0 Å². The number of methoxy groups -OCH3 is 1. The number of rotatable bonds is 12. The molecule has 38 heavy (non-hydrogen) atoms. The largest absolute Gasteiger partial charge is 0.495 e. The molecule has 5 amide bonds. The molecule has 0 aliphatic carbocycles. The topological polar surface area (TPSA) is 140 Å². The quantitative estimate of drug-likeness (QED) is 0.333. The summed E-state index contributed by atoms with van der Waals surface area (Å²) in [5.41, 5.74) is 3.03. The van der Waals surface area contributed by atoms with E-state index in [0.29, 0.717) is 36.6 Å². The molecule has 2 rings (SSSR count). The van der Waals surface area contributed by atoms with Gasteiger partial charge in [0, 0.05) is 45.3 Å². The molecule has 11 nitrogen and oxygen atoms in total. The highest BCUT2D eigenvalue weighted by Crippen LogP contribution is 2.26. The molecule has 1 unspecified atom stereocenters. The molecule has 2 aromatic carbocycles. The average molecular weight is 528 g/mol. The number of amides is 5. The van der Waals surface area contributed by atoms with Crippen molar-refractivity contribution in [2.75, 3.05) is 44.9 Å². The number of urea groups is 2. The fourth-order valence-electron chi connectivity index (χ4n) is 3.59. The molecule has 1 atom stereocenters. The molecular formula is C27H37N5O6. The minimum absolute atomic E-state index is 0.0863. The van der Waals surface area contributed by atoms with Crippen LogP contribution in [0.15, 0.2) is 42.5 Å². The molecule has 0 radical (unpaired) electrons. The summed E-state index contributed by atoms with van der Waals surface area (Å²) in [6, 6.07) is 11.5. The fourth-order valence-corrected chi connectivity index (χ4v) is 3.59. The highest BCUT2D eigenvalue weighted by molar-refractivity contribution is 6.01. The van der Waals surface area contributed by atoms with Crippen molar-refractivity contribution in [2.24, 2.45) is 0 Å². The zero-order chi connectivity index (χ0) is 28.2. The number of benzene rings is 2. The Morgan fingerprint density at radius 2 is 1.63 bits per heavy atom. The number of anilines is 2. The number of carbonyl (C=O) groups is 4. The van der Waals surface area contributed by atoms with Gasteiger partial charge in [-0.15, -0.1) is 0 Å². The van der Waals surface area contributed by atoms with E-state index >= 15 is 0 Å². The van der Waals surface area contributed by atoms with Crippen molar-refractivity contribution in [3.63, 3.8) is 0 Å². The lowest BCUT2D eigenvalue weighted by atomic mass is 10.1. The first-order valence-electron chi connectivity index (χ1n) is 12.3. The Morgan fingerprint density at radius 1 is 0.974 bits per heavy atom. The zero-order valence-corrected chi connectivity index (χ0v) is 22.5. The molecule has 0 bridgehead atoms. The molecule has 0 saturated carbocycles. The van der Waals surface area contributed by atoms with Crippen LogP contribution >= 0.6 is 0 Å². The van der Waals surface area contributed by atoms with E-state index < -0.39 is 24.1 Å². The highest BCUT2D eigenvalue weighted by atomic mass is 16.5. The Hall–Kier alpha value is -4.28. The van der Waals surface area contributed by atoms with Gasteiger partial charge >= 0.3 is 18.0 Å². The van der Waals surface area contributed by atoms with E-state index in [9.17, 15) is 19.2 Å². The van der Waals surface area contributed by atoms with Crippen molar-refractivity contribution in [2.45, 2.75) is 39.2 Å². The van der Waals surface area contributed by atoms with Gasteiger partial charge < -0.3 is 35.6 Å². The van der Waals surface area contributed by atoms with Crippen molar-refractivity contribution in [1.82, 2.24) is 15.1 Å². The predicted molar refractivity (Wildman–Crippen MR) is 146 cm³/mol. The Labute approximate surface area is 223 Å². The van der Waals surface area contributed by atoms with Crippen molar-refractivity contribution < 1.29 is 29.0 Å². The van der Waals surface area contributed by atoms with Crippen LogP contribution in [0, 0.1) is 6.92 Å². The molecular weight excluding hydrogens is 490 g/mol. The smallest absolute Gasteiger partial charge is 0.323 e. The summed E-state index contributed by atoms with van der Waals surface area (Å²) < 4.78 is 5.44. The van der Waals surface area contributed by atoms with E-state index in [1.807, 2.05) is 37.3 Å². The number of nitrogens with zero attached hydrogens (tertiary/aromatic N) is 2. The van der Waals surface area contributed by atoms with Crippen LogP contribution in [0.5, 0.6) is 5.75 Å². The van der Waals surface area contributed by atoms with Crippen molar-refractivity contribution >= 4 is 35.3 Å². The third-order valence-corrected chi connectivity index (χ3v) is 5.93. The van der Waals surface area contributed by atoms with Gasteiger partial charge in [-0.3, -0.25) is 9.59 Å². The summed E-state index contributed by atoms with van der Waals surface area (Å²) in [6.45, 7) is 4.16. The second-order valence-corrected chi connectivity index (χ2v) is 9.11. The van der Waals surface area contributed by atoms with E-state index in [1.54, 1.807) is 38.1 Å². The number of nitrogens with one attached hydrogen (secondary N) is 3. The van der Waals surface area contributed by atoms with Crippen molar-refractivity contribution in [3.8, 4) is 5.75 Å². The maximum Gasteiger partial charge on any atom is 0.323 e. The van der Waals surface area contributed by atoms with Gasteiger partial charge in [0.25, 0.3) is 0 Å². The first-order chi connectivity index (χ1) is 18.0. The van der Waals surface area contributed by atoms with Gasteiger partial charge in [-0.1, -0.05) is 24.3 Å². The normalized spacial score (nSPS) is 11.2. The van der Waals surface area contributed by atoms with E-state index in [1.165, 1.54) is 12.0 Å². The van der Waals surface area contributed by atoms with E-state index in [4.69, 9.17) is 9.84 Å². The van der Waals surface area contributed by atoms with E-state index in [2.05, 4.69) is 16.0 Å². The van der Waals surface area contributed by atoms with Gasteiger partial charge in [0.15, 0.2) is 0 Å². The Balaban J connectivity index is 1.84. The van der Waals surface area contributed by atoms with Crippen molar-refractivity contribution in [3.05, 3.63) is 53.6 Å². The molecule has 0 spiro atoms. The second kappa shape index (κ2) is 14.5. The molecule has 0 aliphatic rings. The Bertz CT molecular complexity index is 1140. The van der Waals surface area contributed by atoms with Gasteiger partial charge in [-0.25, -0.2) is 9.59 Å². The van der Waals surface area contributed by atoms with E-state index in [-0.39, 0.29) is 18.7 Å². The maximum absolute atomic E-state index is 12.6. The van der Waals surface area contributed by atoms with Gasteiger partial charge in [0.05, 0.1) is 19.2 Å². The first kappa shape index (κ1) is 29.9. The number of hydrogen-bond acceptors (Lipinski definition) is 5. The van der Waals surface area contributed by atoms with Crippen LogP contribution in [0.2, 0.25) is 0 Å². The van der Waals surface area contributed by atoms with Crippen LogP contribution in [0.3, 0.4) is 0 Å². The van der Waals surface area contributed by atoms with Gasteiger partial charge in [0.1, 0.15) is 5.75 Å². The predicted octanol–water partition coefficient (Wildman–Crippen LogP) is 3.54. The number of ether oxygens (including phenoxy) is 1. The molecule has 206 valence electrons. The van der Waals surface area contributed by atoms with E-state index in [0.717, 1.165) is 11.1 Å². The minimum atomic E-state index is -0.988. The van der Waals surface area contributed by atoms with Crippen LogP contribution in [-0.4, -0.2) is 79.2 Å². The number of hydrogen-bond donors (Lipinski definition) is 4. The first-order valence-corrected chi connectivity index (χ1v) is 12.3. The number of aliphatic carboxylic acids is 1. The lowest BCUT2D eigenvalue weighted by molar-refractivity contribution is -0.137. The molecule has 0 saturated heterocycles. The lowest BCUT2D eigenvalue weighted by Gasteiger charge is -2.24. The third kappa shape index (κ3) is 9.64. The SMILES string of the molecule is COc1cc(CCC(=O)N(C)CCN(C)C(=O)NC(C)CC(=O)O)ccc1NC(=O)Nc1ccccc1C. The number of carboxylic acid groups (broad SMARTS) is 1. The molecule has 2 aromatic rings. The van der Waals surface area contributed by atoms with Crippen molar-refractivity contribution in [1.29, 1.82) is 0 Å². The van der Waals surface area contributed by atoms with Gasteiger partial charge in [-0.05, 0) is 49.6 Å². The standard InChI is InChI=1S/C27H37N5O6/c1-18-8-6-7-9-21(18)29-26(36)30-22-12-10-20(17-23(22)38-5)11-13-24(33)31(3)14-15-32(4)27(37)28-19(2)16-25(34)35/h6-10,12,17,19H,11,13-16H2,1-5H3,(H,28,37)(H,34,35)(H2,29,30,36). The summed E-state index contributed by atoms with van der Waals surface area (Å²) in [5, 5.41) is 17.0. The summed E-state index contributed by atoms with van der Waals surface area (Å²) in [6.07, 6.45) is 0.560. The molecule has 11 heteroatoms. The molecule has 0 aliphatic heterocycles. The summed E-state index contributed by atoms with van der Waals surface area (Å²) in [7, 11) is 4.77. The molecule has 0 heterocycles. The minimum Gasteiger partial charge on any atom is -0.495 e. The van der Waals surface area contributed by atoms with Crippen LogP contribution in [0.25, 0.3) is 0 Å². The fraction of sp³-hybridized carbons (Fsp3) is 0.407. The Morgan fingerprint density at radius 3 is 2.29 bits per heavy atom. The molecule has 0 fully saturated rings. The number of carboxylic acids is 1. The number of aryl methyl sites for hydroxylation is 2.